The van der Waals surface area contributed by atoms with Gasteiger partial charge in [-0.3, -0.25) is 4.79 Å². The average molecular weight is 296 g/mol. The molecule has 0 aliphatic heterocycles. The van der Waals surface area contributed by atoms with Crippen LogP contribution in [0.4, 0.5) is 17.6 Å². The molecule has 0 heterocycles. The molecular weight excluding hydrogens is 284 g/mol. The Kier molecular flexibility index (Phi) is 4.11. The number of benzene rings is 2. The van der Waals surface area contributed by atoms with E-state index in [0.29, 0.717) is 11.1 Å². The number of halogens is 4. The third-order valence-corrected chi connectivity index (χ3v) is 3.13. The maximum Gasteiger partial charge on any atom is 0.416 e. The standard InChI is InChI=1S/C16H12F4O/c1-2-15(21)11-5-8-14(17)13(9-11)10-3-6-12(7-4-10)16(18,19)20/h3-9H,2H2,1H3. The predicted molar refractivity (Wildman–Crippen MR) is 71.5 cm³/mol. The molecule has 5 heteroatoms. The van der Waals surface area contributed by atoms with Crippen molar-refractivity contribution in [3.8, 4) is 11.1 Å². The van der Waals surface area contributed by atoms with Gasteiger partial charge in [-0.15, -0.1) is 0 Å². The summed E-state index contributed by atoms with van der Waals surface area (Å²) in [6, 6.07) is 8.06. The van der Waals surface area contributed by atoms with Gasteiger partial charge in [0, 0.05) is 17.5 Å². The predicted octanol–water partition coefficient (Wildman–Crippen LogP) is 5.10. The summed E-state index contributed by atoms with van der Waals surface area (Å²) in [5.41, 5.74) is -0.0458. The molecule has 0 fully saturated rings. The van der Waals surface area contributed by atoms with Gasteiger partial charge in [-0.25, -0.2) is 4.39 Å². The summed E-state index contributed by atoms with van der Waals surface area (Å²) in [6.45, 7) is 1.68. The van der Waals surface area contributed by atoms with Crippen molar-refractivity contribution < 1.29 is 22.4 Å². The molecule has 0 aliphatic carbocycles. The van der Waals surface area contributed by atoms with Crippen LogP contribution in [0.5, 0.6) is 0 Å². The van der Waals surface area contributed by atoms with Crippen LogP contribution in [0.3, 0.4) is 0 Å². The van der Waals surface area contributed by atoms with E-state index in [1.54, 1.807) is 6.92 Å². The van der Waals surface area contributed by atoms with E-state index < -0.39 is 17.6 Å². The first-order valence-corrected chi connectivity index (χ1v) is 6.33. The van der Waals surface area contributed by atoms with Crippen LogP contribution in [-0.4, -0.2) is 5.78 Å². The number of hydrogen-bond acceptors (Lipinski definition) is 1. The third-order valence-electron chi connectivity index (χ3n) is 3.13. The van der Waals surface area contributed by atoms with Crippen LogP contribution in [0.25, 0.3) is 11.1 Å². The van der Waals surface area contributed by atoms with E-state index in [2.05, 4.69) is 0 Å². The first-order chi connectivity index (χ1) is 9.82. The molecule has 2 aromatic rings. The number of ketones is 1. The Balaban J connectivity index is 2.44. The van der Waals surface area contributed by atoms with Gasteiger partial charge < -0.3 is 0 Å². The second-order valence-electron chi connectivity index (χ2n) is 4.55. The number of carbonyl (C=O) groups excluding carboxylic acids is 1. The normalized spacial score (nSPS) is 11.5. The van der Waals surface area contributed by atoms with E-state index in [4.69, 9.17) is 0 Å². The highest BCUT2D eigenvalue weighted by Gasteiger charge is 2.30. The van der Waals surface area contributed by atoms with Crippen molar-refractivity contribution in [2.75, 3.05) is 0 Å². The zero-order valence-corrected chi connectivity index (χ0v) is 11.2. The van der Waals surface area contributed by atoms with E-state index in [9.17, 15) is 22.4 Å². The lowest BCUT2D eigenvalue weighted by atomic mass is 9.99. The third kappa shape index (κ3) is 3.29. The van der Waals surface area contributed by atoms with Crippen LogP contribution in [0.15, 0.2) is 42.5 Å². The minimum atomic E-state index is -4.43. The van der Waals surface area contributed by atoms with Crippen LogP contribution < -0.4 is 0 Å². The van der Waals surface area contributed by atoms with Gasteiger partial charge in [-0.1, -0.05) is 19.1 Å². The molecule has 21 heavy (non-hydrogen) atoms. The fourth-order valence-corrected chi connectivity index (χ4v) is 1.96. The molecule has 110 valence electrons. The minimum Gasteiger partial charge on any atom is -0.294 e. The zero-order valence-electron chi connectivity index (χ0n) is 11.2. The molecule has 0 spiro atoms. The minimum absolute atomic E-state index is 0.114. The molecule has 0 unspecified atom stereocenters. The van der Waals surface area contributed by atoms with Gasteiger partial charge in [0.15, 0.2) is 5.78 Å². The van der Waals surface area contributed by atoms with Crippen molar-refractivity contribution >= 4 is 5.78 Å². The van der Waals surface area contributed by atoms with Crippen molar-refractivity contribution in [1.29, 1.82) is 0 Å². The highest BCUT2D eigenvalue weighted by molar-refractivity contribution is 5.97. The molecule has 0 N–H and O–H groups in total. The summed E-state index contributed by atoms with van der Waals surface area (Å²) in [5.74, 6) is -0.731. The fraction of sp³-hybridized carbons (Fsp3) is 0.188. The maximum atomic E-state index is 13.8. The average Bonchev–Trinajstić information content (AvgIpc) is 2.46. The molecule has 0 radical (unpaired) electrons. The van der Waals surface area contributed by atoms with Crippen molar-refractivity contribution in [2.24, 2.45) is 0 Å². The van der Waals surface area contributed by atoms with Gasteiger partial charge in [0.05, 0.1) is 5.56 Å². The van der Waals surface area contributed by atoms with E-state index >= 15 is 0 Å². The molecule has 0 saturated heterocycles. The Morgan fingerprint density at radius 3 is 2.19 bits per heavy atom. The lowest BCUT2D eigenvalue weighted by Gasteiger charge is -2.09. The molecule has 0 aliphatic rings. The molecule has 0 saturated carbocycles. The SMILES string of the molecule is CCC(=O)c1ccc(F)c(-c2ccc(C(F)(F)F)cc2)c1. The van der Waals surface area contributed by atoms with Gasteiger partial charge >= 0.3 is 6.18 Å². The Labute approximate surface area is 119 Å². The van der Waals surface area contributed by atoms with Crippen LogP contribution >= 0.6 is 0 Å². The Hall–Kier alpha value is -2.17. The molecule has 2 aromatic carbocycles. The monoisotopic (exact) mass is 296 g/mol. The van der Waals surface area contributed by atoms with Gasteiger partial charge in [0.1, 0.15) is 5.82 Å². The number of alkyl halides is 3. The van der Waals surface area contributed by atoms with Crippen LogP contribution in [0, 0.1) is 5.82 Å². The van der Waals surface area contributed by atoms with Gasteiger partial charge in [0.25, 0.3) is 0 Å². The maximum absolute atomic E-state index is 13.8. The summed E-state index contributed by atoms with van der Waals surface area (Å²) in [7, 11) is 0. The van der Waals surface area contributed by atoms with E-state index in [-0.39, 0.29) is 17.8 Å². The summed E-state index contributed by atoms with van der Waals surface area (Å²) >= 11 is 0. The molecule has 0 aromatic heterocycles. The fourth-order valence-electron chi connectivity index (χ4n) is 1.96. The smallest absolute Gasteiger partial charge is 0.294 e. The van der Waals surface area contributed by atoms with Gasteiger partial charge in [-0.2, -0.15) is 13.2 Å². The van der Waals surface area contributed by atoms with Crippen molar-refractivity contribution in [3.05, 3.63) is 59.4 Å². The summed E-state index contributed by atoms with van der Waals surface area (Å²) in [6.07, 6.45) is -4.16. The Bertz CT molecular complexity index is 657. The molecule has 0 amide bonds. The number of hydrogen-bond donors (Lipinski definition) is 0. The van der Waals surface area contributed by atoms with Crippen molar-refractivity contribution in [1.82, 2.24) is 0 Å². The number of carbonyl (C=O) groups is 1. The first-order valence-electron chi connectivity index (χ1n) is 6.33. The van der Waals surface area contributed by atoms with E-state index in [1.807, 2.05) is 0 Å². The second-order valence-corrected chi connectivity index (χ2v) is 4.55. The van der Waals surface area contributed by atoms with E-state index in [1.165, 1.54) is 24.3 Å². The first kappa shape index (κ1) is 15.2. The topological polar surface area (TPSA) is 17.1 Å². The molecule has 0 atom stereocenters. The lowest BCUT2D eigenvalue weighted by molar-refractivity contribution is -0.137. The summed E-state index contributed by atoms with van der Waals surface area (Å²) in [4.78, 5) is 11.6. The molecule has 2 rings (SSSR count). The highest BCUT2D eigenvalue weighted by Crippen LogP contribution is 2.32. The largest absolute Gasteiger partial charge is 0.416 e. The number of Topliss-reactive ketones (excluding diaryl/α,β-unsaturated/α-hetero) is 1. The van der Waals surface area contributed by atoms with Crippen molar-refractivity contribution in [2.45, 2.75) is 19.5 Å². The Morgan fingerprint density at radius 2 is 1.67 bits per heavy atom. The van der Waals surface area contributed by atoms with Crippen LogP contribution in [0.1, 0.15) is 29.3 Å². The Morgan fingerprint density at radius 1 is 1.05 bits per heavy atom. The molecule has 1 nitrogen and oxygen atoms in total. The van der Waals surface area contributed by atoms with Gasteiger partial charge in [0.2, 0.25) is 0 Å². The van der Waals surface area contributed by atoms with E-state index in [0.717, 1.165) is 18.2 Å². The quantitative estimate of drug-likeness (QED) is 0.568. The second kappa shape index (κ2) is 5.68. The lowest BCUT2D eigenvalue weighted by Crippen LogP contribution is -2.04. The summed E-state index contributed by atoms with van der Waals surface area (Å²) in [5, 5.41) is 0. The van der Waals surface area contributed by atoms with Crippen LogP contribution in [0.2, 0.25) is 0 Å². The number of rotatable bonds is 3. The zero-order chi connectivity index (χ0) is 15.6. The molecule has 0 bridgehead atoms. The highest BCUT2D eigenvalue weighted by atomic mass is 19.4. The van der Waals surface area contributed by atoms with Crippen molar-refractivity contribution in [3.63, 3.8) is 0 Å². The summed E-state index contributed by atoms with van der Waals surface area (Å²) < 4.78 is 51.3. The molecular formula is C16H12F4O. The van der Waals surface area contributed by atoms with Crippen LogP contribution in [-0.2, 0) is 6.18 Å². The van der Waals surface area contributed by atoms with Gasteiger partial charge in [-0.05, 0) is 35.9 Å².